The Labute approximate surface area is 123 Å². The fraction of sp³-hybridized carbons (Fsp3) is 0.308. The van der Waals surface area contributed by atoms with Crippen LogP contribution in [0.15, 0.2) is 35.5 Å². The van der Waals surface area contributed by atoms with Crippen LogP contribution in [0.4, 0.5) is 5.69 Å². The van der Waals surface area contributed by atoms with E-state index >= 15 is 0 Å². The zero-order valence-corrected chi connectivity index (χ0v) is 12.7. The van der Waals surface area contributed by atoms with Crippen LogP contribution in [0.2, 0.25) is 0 Å². The van der Waals surface area contributed by atoms with E-state index in [-0.39, 0.29) is 17.2 Å². The van der Waals surface area contributed by atoms with Crippen molar-refractivity contribution in [2.75, 3.05) is 12.3 Å². The highest BCUT2D eigenvalue weighted by atomic mass is 32.2. The van der Waals surface area contributed by atoms with Crippen molar-refractivity contribution in [3.63, 3.8) is 0 Å². The number of sulfonamides is 1. The van der Waals surface area contributed by atoms with Gasteiger partial charge in [0.25, 0.3) is 0 Å². The molecule has 0 saturated carbocycles. The number of rotatable bonds is 6. The number of nitrogen functional groups attached to an aromatic ring is 1. The molecule has 1 heterocycles. The molecule has 0 fully saturated rings. The number of hydrogen-bond acceptors (Lipinski definition) is 5. The Morgan fingerprint density at radius 1 is 1.43 bits per heavy atom. The van der Waals surface area contributed by atoms with Gasteiger partial charge in [0.1, 0.15) is 10.6 Å². The van der Waals surface area contributed by atoms with Gasteiger partial charge in [-0.1, -0.05) is 0 Å². The fourth-order valence-corrected chi connectivity index (χ4v) is 3.02. The highest BCUT2D eigenvalue weighted by Crippen LogP contribution is 2.26. The molecule has 0 aliphatic heterocycles. The maximum absolute atomic E-state index is 12.4. The summed E-state index contributed by atoms with van der Waals surface area (Å²) in [7, 11) is -1.95. The van der Waals surface area contributed by atoms with Gasteiger partial charge in [0.2, 0.25) is 10.0 Å². The van der Waals surface area contributed by atoms with E-state index in [9.17, 15) is 8.42 Å². The molecule has 0 radical (unpaired) electrons. The summed E-state index contributed by atoms with van der Waals surface area (Å²) in [6.07, 6.45) is 3.34. The molecular weight excluding hydrogens is 292 g/mol. The molecule has 1 aromatic carbocycles. The van der Waals surface area contributed by atoms with E-state index in [1.165, 1.54) is 6.07 Å². The Balaban J connectivity index is 2.24. The summed E-state index contributed by atoms with van der Waals surface area (Å²) in [5.74, 6) is 0.283. The van der Waals surface area contributed by atoms with Crippen LogP contribution in [0.1, 0.15) is 12.5 Å². The first kappa shape index (κ1) is 15.3. The lowest BCUT2D eigenvalue weighted by atomic mass is 10.3. The van der Waals surface area contributed by atoms with Gasteiger partial charge in [-0.2, -0.15) is 5.10 Å². The second kappa shape index (κ2) is 6.15. The molecule has 0 saturated heterocycles. The molecule has 0 unspecified atom stereocenters. The van der Waals surface area contributed by atoms with E-state index in [1.54, 1.807) is 43.2 Å². The van der Waals surface area contributed by atoms with Crippen molar-refractivity contribution in [2.24, 2.45) is 7.05 Å². The molecule has 0 aliphatic carbocycles. The molecule has 0 bridgehead atoms. The van der Waals surface area contributed by atoms with E-state index in [4.69, 9.17) is 10.5 Å². The van der Waals surface area contributed by atoms with Gasteiger partial charge in [0, 0.05) is 31.0 Å². The van der Waals surface area contributed by atoms with Crippen LogP contribution in [0.5, 0.6) is 5.75 Å². The first-order valence-corrected chi connectivity index (χ1v) is 7.90. The Hall–Kier alpha value is -2.06. The van der Waals surface area contributed by atoms with Crippen LogP contribution in [-0.4, -0.2) is 24.8 Å². The first-order valence-electron chi connectivity index (χ1n) is 6.42. The van der Waals surface area contributed by atoms with E-state index in [0.717, 1.165) is 5.56 Å². The van der Waals surface area contributed by atoms with E-state index in [1.807, 2.05) is 0 Å². The van der Waals surface area contributed by atoms with Crippen molar-refractivity contribution >= 4 is 15.7 Å². The van der Waals surface area contributed by atoms with Gasteiger partial charge < -0.3 is 10.5 Å². The molecule has 2 rings (SSSR count). The molecule has 2 aromatic rings. The number of nitrogens with two attached hydrogens (primary N) is 1. The number of benzene rings is 1. The predicted octanol–water partition coefficient (Wildman–Crippen LogP) is 0.879. The van der Waals surface area contributed by atoms with Crippen molar-refractivity contribution in [1.29, 1.82) is 0 Å². The molecule has 8 heteroatoms. The van der Waals surface area contributed by atoms with Crippen LogP contribution in [0, 0.1) is 0 Å². The van der Waals surface area contributed by atoms with Gasteiger partial charge in [-0.05, 0) is 25.1 Å². The maximum atomic E-state index is 12.4. The summed E-state index contributed by atoms with van der Waals surface area (Å²) in [5, 5.41) is 3.99. The molecule has 0 spiro atoms. The Morgan fingerprint density at radius 2 is 2.19 bits per heavy atom. The number of nitrogens with one attached hydrogen (secondary N) is 1. The van der Waals surface area contributed by atoms with Gasteiger partial charge in [0.15, 0.2) is 0 Å². The average Bonchev–Trinajstić information content (AvgIpc) is 2.85. The van der Waals surface area contributed by atoms with E-state index < -0.39 is 10.0 Å². The fourth-order valence-electron chi connectivity index (χ4n) is 1.83. The molecule has 114 valence electrons. The number of nitrogens with zero attached hydrogens (tertiary/aromatic N) is 2. The Bertz CT molecular complexity index is 725. The quantitative estimate of drug-likeness (QED) is 0.772. The lowest BCUT2D eigenvalue weighted by Gasteiger charge is -2.12. The lowest BCUT2D eigenvalue weighted by Crippen LogP contribution is -2.24. The third-order valence-electron chi connectivity index (χ3n) is 2.78. The highest BCUT2D eigenvalue weighted by Gasteiger charge is 2.20. The van der Waals surface area contributed by atoms with Gasteiger partial charge >= 0.3 is 0 Å². The number of hydrogen-bond donors (Lipinski definition) is 2. The molecule has 7 nitrogen and oxygen atoms in total. The van der Waals surface area contributed by atoms with Crippen LogP contribution < -0.4 is 15.2 Å². The third-order valence-corrected chi connectivity index (χ3v) is 4.20. The van der Waals surface area contributed by atoms with Crippen molar-refractivity contribution < 1.29 is 13.2 Å². The SMILES string of the molecule is CCOc1ccc(N)cc1S(=O)(=O)NCc1cnn(C)c1. The number of aryl methyl sites for hydroxylation is 1. The number of ether oxygens (including phenoxy) is 1. The molecule has 0 amide bonds. The standard InChI is InChI=1S/C13H18N4O3S/c1-3-20-12-5-4-11(14)6-13(12)21(18,19)16-8-10-7-15-17(2)9-10/h4-7,9,16H,3,8,14H2,1-2H3. The highest BCUT2D eigenvalue weighted by molar-refractivity contribution is 7.89. The molecule has 0 atom stereocenters. The average molecular weight is 310 g/mol. The zero-order chi connectivity index (χ0) is 15.5. The summed E-state index contributed by atoms with van der Waals surface area (Å²) < 4.78 is 34.2. The third kappa shape index (κ3) is 3.73. The number of anilines is 1. The van der Waals surface area contributed by atoms with E-state index in [2.05, 4.69) is 9.82 Å². The monoisotopic (exact) mass is 310 g/mol. The molecule has 3 N–H and O–H groups in total. The van der Waals surface area contributed by atoms with Crippen molar-refractivity contribution in [1.82, 2.24) is 14.5 Å². The van der Waals surface area contributed by atoms with Crippen LogP contribution in [0.25, 0.3) is 0 Å². The molecular formula is C13H18N4O3S. The van der Waals surface area contributed by atoms with Crippen LogP contribution in [0.3, 0.4) is 0 Å². The minimum Gasteiger partial charge on any atom is -0.492 e. The van der Waals surface area contributed by atoms with Gasteiger partial charge in [-0.15, -0.1) is 0 Å². The topological polar surface area (TPSA) is 99.2 Å². The minimum absolute atomic E-state index is 0.0354. The van der Waals surface area contributed by atoms with Crippen molar-refractivity contribution in [3.8, 4) is 5.75 Å². The zero-order valence-electron chi connectivity index (χ0n) is 11.9. The second-order valence-corrected chi connectivity index (χ2v) is 6.22. The van der Waals surface area contributed by atoms with Gasteiger partial charge in [-0.3, -0.25) is 4.68 Å². The molecule has 1 aromatic heterocycles. The maximum Gasteiger partial charge on any atom is 0.244 e. The summed E-state index contributed by atoms with van der Waals surface area (Å²) in [4.78, 5) is 0.0354. The van der Waals surface area contributed by atoms with Crippen molar-refractivity contribution in [3.05, 3.63) is 36.2 Å². The van der Waals surface area contributed by atoms with Crippen molar-refractivity contribution in [2.45, 2.75) is 18.4 Å². The largest absolute Gasteiger partial charge is 0.492 e. The molecule has 0 aliphatic rings. The van der Waals surface area contributed by atoms with Crippen LogP contribution in [-0.2, 0) is 23.6 Å². The number of aromatic nitrogens is 2. The molecule has 21 heavy (non-hydrogen) atoms. The predicted molar refractivity (Wildman–Crippen MR) is 79.3 cm³/mol. The normalized spacial score (nSPS) is 11.5. The second-order valence-electron chi connectivity index (χ2n) is 4.49. The smallest absolute Gasteiger partial charge is 0.244 e. The lowest BCUT2D eigenvalue weighted by molar-refractivity contribution is 0.331. The van der Waals surface area contributed by atoms with Gasteiger partial charge in [0.05, 0.1) is 12.8 Å². The minimum atomic E-state index is -3.72. The summed E-state index contributed by atoms with van der Waals surface area (Å²) in [5.41, 5.74) is 6.80. The van der Waals surface area contributed by atoms with E-state index in [0.29, 0.717) is 12.3 Å². The van der Waals surface area contributed by atoms with Crippen LogP contribution >= 0.6 is 0 Å². The summed E-state index contributed by atoms with van der Waals surface area (Å²) in [6, 6.07) is 4.54. The summed E-state index contributed by atoms with van der Waals surface area (Å²) in [6.45, 7) is 2.31. The Morgan fingerprint density at radius 3 is 2.81 bits per heavy atom. The van der Waals surface area contributed by atoms with Gasteiger partial charge in [-0.25, -0.2) is 13.1 Å². The first-order chi connectivity index (χ1) is 9.92. The summed E-state index contributed by atoms with van der Waals surface area (Å²) >= 11 is 0. The Kier molecular flexibility index (Phi) is 4.49.